The number of ketones is 1. The molecule has 1 aromatic heterocycles. The summed E-state index contributed by atoms with van der Waals surface area (Å²) >= 11 is 0. The van der Waals surface area contributed by atoms with Crippen molar-refractivity contribution in [3.8, 4) is 0 Å². The average Bonchev–Trinajstić information content (AvgIpc) is 2.47. The molecule has 0 spiro atoms. The maximum absolute atomic E-state index is 12.2. The van der Waals surface area contributed by atoms with E-state index in [1.165, 1.54) is 6.92 Å². The van der Waals surface area contributed by atoms with Crippen LogP contribution in [-0.4, -0.2) is 28.2 Å². The largest absolute Gasteiger partial charge is 0.326 e. The number of hydrogen-bond acceptors (Lipinski definition) is 3. The molecule has 20 heavy (non-hydrogen) atoms. The lowest BCUT2D eigenvalue weighted by molar-refractivity contribution is -0.114. The van der Waals surface area contributed by atoms with E-state index in [1.54, 1.807) is 23.4 Å². The van der Waals surface area contributed by atoms with E-state index in [4.69, 9.17) is 0 Å². The van der Waals surface area contributed by atoms with Gasteiger partial charge in [-0.15, -0.1) is 0 Å². The summed E-state index contributed by atoms with van der Waals surface area (Å²) in [6.45, 7) is 2.14. The number of pyridine rings is 1. The molecule has 1 unspecified atom stereocenters. The predicted octanol–water partition coefficient (Wildman–Crippen LogP) is 1.95. The number of urea groups is 1. The standard InChI is InChI=1S/C15H15N3O2/c1-10(19)13-12-6-2-3-8-18(12)15(20)17-14(13)11-5-4-7-16-9-11/h2,4-7,9,14H,3,8H2,1H3,(H,17,20). The van der Waals surface area contributed by atoms with E-state index in [2.05, 4.69) is 10.3 Å². The van der Waals surface area contributed by atoms with Crippen LogP contribution in [0.2, 0.25) is 0 Å². The summed E-state index contributed by atoms with van der Waals surface area (Å²) in [4.78, 5) is 29.9. The summed E-state index contributed by atoms with van der Waals surface area (Å²) in [5.41, 5.74) is 2.15. The average molecular weight is 269 g/mol. The van der Waals surface area contributed by atoms with Crippen molar-refractivity contribution in [2.75, 3.05) is 6.54 Å². The van der Waals surface area contributed by atoms with Gasteiger partial charge in [-0.25, -0.2) is 4.79 Å². The minimum Gasteiger partial charge on any atom is -0.326 e. The zero-order valence-electron chi connectivity index (χ0n) is 11.2. The number of fused-ring (bicyclic) bond motifs is 1. The van der Waals surface area contributed by atoms with Gasteiger partial charge in [0.1, 0.15) is 0 Å². The van der Waals surface area contributed by atoms with Crippen LogP contribution in [0.15, 0.2) is 47.9 Å². The van der Waals surface area contributed by atoms with Crippen LogP contribution < -0.4 is 5.32 Å². The summed E-state index contributed by atoms with van der Waals surface area (Å²) in [5.74, 6) is -0.0367. The molecule has 1 N–H and O–H groups in total. The van der Waals surface area contributed by atoms with Crippen molar-refractivity contribution >= 4 is 11.8 Å². The van der Waals surface area contributed by atoms with Crippen LogP contribution in [0.3, 0.4) is 0 Å². The Morgan fingerprint density at radius 1 is 1.50 bits per heavy atom. The lowest BCUT2D eigenvalue weighted by Crippen LogP contribution is -2.48. The van der Waals surface area contributed by atoms with Crippen molar-refractivity contribution < 1.29 is 9.59 Å². The van der Waals surface area contributed by atoms with Crippen LogP contribution in [0, 0.1) is 0 Å². The van der Waals surface area contributed by atoms with Crippen LogP contribution in [0.25, 0.3) is 0 Å². The first-order valence-corrected chi connectivity index (χ1v) is 6.58. The van der Waals surface area contributed by atoms with E-state index in [-0.39, 0.29) is 11.8 Å². The zero-order chi connectivity index (χ0) is 14.1. The number of carbonyl (C=O) groups excluding carboxylic acids is 2. The van der Waals surface area contributed by atoms with E-state index >= 15 is 0 Å². The monoisotopic (exact) mass is 269 g/mol. The van der Waals surface area contributed by atoms with Gasteiger partial charge in [0.25, 0.3) is 0 Å². The molecule has 102 valence electrons. The number of carbonyl (C=O) groups is 2. The van der Waals surface area contributed by atoms with Crippen LogP contribution in [0.5, 0.6) is 0 Å². The van der Waals surface area contributed by atoms with E-state index in [1.807, 2.05) is 18.2 Å². The molecule has 1 atom stereocenters. The van der Waals surface area contributed by atoms with Crippen molar-refractivity contribution in [3.63, 3.8) is 0 Å². The molecular formula is C15H15N3O2. The fourth-order valence-corrected chi connectivity index (χ4v) is 2.66. The molecule has 2 aliphatic rings. The minimum atomic E-state index is -0.428. The summed E-state index contributed by atoms with van der Waals surface area (Å²) in [6.07, 6.45) is 8.01. The number of nitrogens with one attached hydrogen (secondary N) is 1. The predicted molar refractivity (Wildman–Crippen MR) is 73.7 cm³/mol. The number of allylic oxidation sites excluding steroid dienone is 1. The van der Waals surface area contributed by atoms with Crippen molar-refractivity contribution in [1.29, 1.82) is 0 Å². The summed E-state index contributed by atoms with van der Waals surface area (Å²) in [6, 6.07) is 3.07. The number of nitrogens with zero attached hydrogens (tertiary/aromatic N) is 2. The lowest BCUT2D eigenvalue weighted by atomic mass is 9.92. The summed E-state index contributed by atoms with van der Waals surface area (Å²) in [7, 11) is 0. The van der Waals surface area contributed by atoms with Gasteiger partial charge in [-0.1, -0.05) is 12.1 Å². The fraction of sp³-hybridized carbons (Fsp3) is 0.267. The molecule has 0 aliphatic carbocycles. The maximum atomic E-state index is 12.2. The molecule has 0 aromatic carbocycles. The second kappa shape index (κ2) is 4.92. The second-order valence-electron chi connectivity index (χ2n) is 4.87. The minimum absolute atomic E-state index is 0.0367. The van der Waals surface area contributed by atoms with Crippen molar-refractivity contribution in [2.45, 2.75) is 19.4 Å². The molecule has 1 aromatic rings. The van der Waals surface area contributed by atoms with E-state index in [9.17, 15) is 9.59 Å². The van der Waals surface area contributed by atoms with Gasteiger partial charge in [0.15, 0.2) is 5.78 Å². The third kappa shape index (κ3) is 2.01. The summed E-state index contributed by atoms with van der Waals surface area (Å²) < 4.78 is 0. The molecular weight excluding hydrogens is 254 g/mol. The van der Waals surface area contributed by atoms with Gasteiger partial charge in [0.05, 0.1) is 11.7 Å². The molecule has 2 aliphatic heterocycles. The summed E-state index contributed by atoms with van der Waals surface area (Å²) in [5, 5.41) is 2.90. The molecule has 0 saturated heterocycles. The fourth-order valence-electron chi connectivity index (χ4n) is 2.66. The Labute approximate surface area is 117 Å². The first kappa shape index (κ1) is 12.6. The van der Waals surface area contributed by atoms with Crippen molar-refractivity contribution in [1.82, 2.24) is 15.2 Å². The van der Waals surface area contributed by atoms with E-state index in [0.29, 0.717) is 17.8 Å². The number of amides is 2. The SMILES string of the molecule is CC(=O)C1=C2C=CCCN2C(=O)NC1c1cccnc1. The highest BCUT2D eigenvalue weighted by Gasteiger charge is 2.35. The topological polar surface area (TPSA) is 62.3 Å². The number of hydrogen-bond donors (Lipinski definition) is 1. The molecule has 0 saturated carbocycles. The Bertz CT molecular complexity index is 619. The Kier molecular flexibility index (Phi) is 3.10. The van der Waals surface area contributed by atoms with Crippen molar-refractivity contribution in [2.24, 2.45) is 0 Å². The Hall–Kier alpha value is -2.43. The smallest absolute Gasteiger partial charge is 0.322 e. The second-order valence-corrected chi connectivity index (χ2v) is 4.87. The van der Waals surface area contributed by atoms with Gasteiger partial charge in [-0.05, 0) is 31.1 Å². The molecule has 0 radical (unpaired) electrons. The number of rotatable bonds is 2. The van der Waals surface area contributed by atoms with Gasteiger partial charge in [-0.3, -0.25) is 14.7 Å². The molecule has 3 rings (SSSR count). The molecule has 0 bridgehead atoms. The van der Waals surface area contributed by atoms with Crippen LogP contribution in [0.4, 0.5) is 4.79 Å². The van der Waals surface area contributed by atoms with E-state index in [0.717, 1.165) is 12.0 Å². The van der Waals surface area contributed by atoms with Crippen LogP contribution >= 0.6 is 0 Å². The first-order valence-electron chi connectivity index (χ1n) is 6.58. The number of aromatic nitrogens is 1. The highest BCUT2D eigenvalue weighted by molar-refractivity contribution is 5.99. The third-order valence-electron chi connectivity index (χ3n) is 3.56. The van der Waals surface area contributed by atoms with Gasteiger partial charge < -0.3 is 5.32 Å². The Balaban J connectivity index is 2.15. The van der Waals surface area contributed by atoms with Gasteiger partial charge >= 0.3 is 6.03 Å². The maximum Gasteiger partial charge on any atom is 0.322 e. The third-order valence-corrected chi connectivity index (χ3v) is 3.56. The van der Waals surface area contributed by atoms with Gasteiger partial charge in [0, 0.05) is 24.5 Å². The van der Waals surface area contributed by atoms with E-state index < -0.39 is 6.04 Å². The normalized spacial score (nSPS) is 21.6. The highest BCUT2D eigenvalue weighted by Crippen LogP contribution is 2.32. The number of Topliss-reactive ketones (excluding diaryl/α,β-unsaturated/α-hetero) is 1. The molecule has 5 heteroatoms. The lowest BCUT2D eigenvalue weighted by Gasteiger charge is -2.37. The van der Waals surface area contributed by atoms with Crippen molar-refractivity contribution in [3.05, 3.63) is 53.5 Å². The zero-order valence-corrected chi connectivity index (χ0v) is 11.2. The molecule has 5 nitrogen and oxygen atoms in total. The van der Waals surface area contributed by atoms with Gasteiger partial charge in [0.2, 0.25) is 0 Å². The molecule has 2 amide bonds. The van der Waals surface area contributed by atoms with Crippen LogP contribution in [0.1, 0.15) is 24.9 Å². The molecule has 0 fully saturated rings. The first-order chi connectivity index (χ1) is 9.68. The quantitative estimate of drug-likeness (QED) is 0.892. The molecule has 3 heterocycles. The Morgan fingerprint density at radius 2 is 2.35 bits per heavy atom. The van der Waals surface area contributed by atoms with Crippen LogP contribution in [-0.2, 0) is 4.79 Å². The van der Waals surface area contributed by atoms with Gasteiger partial charge in [-0.2, -0.15) is 0 Å². The Morgan fingerprint density at radius 3 is 3.05 bits per heavy atom. The highest BCUT2D eigenvalue weighted by atomic mass is 16.2.